The molecule has 1 heterocycles. The van der Waals surface area contributed by atoms with Gasteiger partial charge < -0.3 is 10.6 Å². The molecule has 0 bridgehead atoms. The van der Waals surface area contributed by atoms with Crippen molar-refractivity contribution < 1.29 is 4.79 Å². The molecule has 1 aromatic rings. The standard InChI is InChI=1S/C15H25N3O/c1-5-12(6-2)11(4)18-15(19)13-8-9-17-14(10-13)16-7-3/h8-12H,5-7H2,1-4H3,(H,16,17)(H,18,19). The van der Waals surface area contributed by atoms with Crippen LogP contribution in [0.2, 0.25) is 0 Å². The summed E-state index contributed by atoms with van der Waals surface area (Å²) in [6.07, 6.45) is 3.82. The average molecular weight is 263 g/mol. The molecule has 19 heavy (non-hydrogen) atoms. The Balaban J connectivity index is 2.69. The summed E-state index contributed by atoms with van der Waals surface area (Å²) >= 11 is 0. The van der Waals surface area contributed by atoms with E-state index in [-0.39, 0.29) is 11.9 Å². The van der Waals surface area contributed by atoms with Crippen LogP contribution in [0.1, 0.15) is 50.9 Å². The molecule has 1 atom stereocenters. The van der Waals surface area contributed by atoms with Gasteiger partial charge in [-0.05, 0) is 31.9 Å². The maximum Gasteiger partial charge on any atom is 0.251 e. The van der Waals surface area contributed by atoms with E-state index in [0.29, 0.717) is 11.5 Å². The number of rotatable bonds is 7. The minimum atomic E-state index is -0.0269. The highest BCUT2D eigenvalue weighted by atomic mass is 16.1. The molecule has 0 saturated carbocycles. The lowest BCUT2D eigenvalue weighted by Crippen LogP contribution is -2.37. The SMILES string of the molecule is CCNc1cc(C(=O)NC(C)C(CC)CC)ccn1. The molecule has 0 aliphatic rings. The van der Waals surface area contributed by atoms with Crippen LogP contribution in [-0.4, -0.2) is 23.5 Å². The zero-order valence-corrected chi connectivity index (χ0v) is 12.4. The van der Waals surface area contributed by atoms with Gasteiger partial charge >= 0.3 is 0 Å². The van der Waals surface area contributed by atoms with Gasteiger partial charge in [-0.15, -0.1) is 0 Å². The van der Waals surface area contributed by atoms with Crippen molar-refractivity contribution in [2.45, 2.75) is 46.6 Å². The van der Waals surface area contributed by atoms with Gasteiger partial charge in [0.25, 0.3) is 5.91 Å². The van der Waals surface area contributed by atoms with Gasteiger partial charge in [0, 0.05) is 24.3 Å². The molecular weight excluding hydrogens is 238 g/mol. The van der Waals surface area contributed by atoms with Gasteiger partial charge in [0.2, 0.25) is 0 Å². The van der Waals surface area contributed by atoms with Gasteiger partial charge in [-0.25, -0.2) is 4.98 Å². The topological polar surface area (TPSA) is 54.0 Å². The van der Waals surface area contributed by atoms with E-state index in [4.69, 9.17) is 0 Å². The second-order valence-electron chi connectivity index (χ2n) is 4.80. The van der Waals surface area contributed by atoms with Crippen LogP contribution in [0.15, 0.2) is 18.3 Å². The molecule has 0 saturated heterocycles. The monoisotopic (exact) mass is 263 g/mol. The molecule has 0 radical (unpaired) electrons. The van der Waals surface area contributed by atoms with E-state index >= 15 is 0 Å². The molecular formula is C15H25N3O. The van der Waals surface area contributed by atoms with Crippen molar-refractivity contribution >= 4 is 11.7 Å². The molecule has 0 aliphatic carbocycles. The minimum absolute atomic E-state index is 0.0269. The van der Waals surface area contributed by atoms with Crippen molar-refractivity contribution in [3.05, 3.63) is 23.9 Å². The summed E-state index contributed by atoms with van der Waals surface area (Å²) in [7, 11) is 0. The van der Waals surface area contributed by atoms with Crippen molar-refractivity contribution in [1.29, 1.82) is 0 Å². The van der Waals surface area contributed by atoms with E-state index in [1.54, 1.807) is 18.3 Å². The number of hydrogen-bond acceptors (Lipinski definition) is 3. The van der Waals surface area contributed by atoms with Crippen LogP contribution in [0.5, 0.6) is 0 Å². The zero-order valence-electron chi connectivity index (χ0n) is 12.4. The van der Waals surface area contributed by atoms with Crippen LogP contribution in [-0.2, 0) is 0 Å². The summed E-state index contributed by atoms with van der Waals surface area (Å²) in [4.78, 5) is 16.3. The fourth-order valence-electron chi connectivity index (χ4n) is 2.25. The molecule has 1 amide bonds. The number of anilines is 1. The Bertz CT molecular complexity index is 402. The summed E-state index contributed by atoms with van der Waals surface area (Å²) < 4.78 is 0. The molecule has 4 heteroatoms. The van der Waals surface area contributed by atoms with Crippen LogP contribution < -0.4 is 10.6 Å². The Kier molecular flexibility index (Phi) is 6.33. The third-order valence-corrected chi connectivity index (χ3v) is 3.49. The van der Waals surface area contributed by atoms with E-state index in [0.717, 1.165) is 25.2 Å². The molecule has 4 nitrogen and oxygen atoms in total. The van der Waals surface area contributed by atoms with Crippen LogP contribution in [0.25, 0.3) is 0 Å². The molecule has 1 aromatic heterocycles. The molecule has 0 aromatic carbocycles. The third-order valence-electron chi connectivity index (χ3n) is 3.49. The number of nitrogens with zero attached hydrogens (tertiary/aromatic N) is 1. The van der Waals surface area contributed by atoms with Crippen LogP contribution in [0.4, 0.5) is 5.82 Å². The van der Waals surface area contributed by atoms with Crippen LogP contribution in [0.3, 0.4) is 0 Å². The molecule has 1 unspecified atom stereocenters. The van der Waals surface area contributed by atoms with E-state index in [1.165, 1.54) is 0 Å². The molecule has 1 rings (SSSR count). The lowest BCUT2D eigenvalue weighted by molar-refractivity contribution is 0.0925. The van der Waals surface area contributed by atoms with E-state index < -0.39 is 0 Å². The third kappa shape index (κ3) is 4.54. The Labute approximate surface area is 116 Å². The van der Waals surface area contributed by atoms with E-state index in [9.17, 15) is 4.79 Å². The summed E-state index contributed by atoms with van der Waals surface area (Å²) in [5, 5.41) is 6.18. The Morgan fingerprint density at radius 3 is 2.58 bits per heavy atom. The van der Waals surface area contributed by atoms with E-state index in [2.05, 4.69) is 36.4 Å². The molecule has 0 fully saturated rings. The lowest BCUT2D eigenvalue weighted by atomic mass is 9.95. The largest absolute Gasteiger partial charge is 0.370 e. The summed E-state index contributed by atoms with van der Waals surface area (Å²) in [5.74, 6) is 1.24. The van der Waals surface area contributed by atoms with Crippen molar-refractivity contribution in [3.8, 4) is 0 Å². The second kappa shape index (κ2) is 7.77. The fraction of sp³-hybridized carbons (Fsp3) is 0.600. The van der Waals surface area contributed by atoms with E-state index in [1.807, 2.05) is 6.92 Å². The van der Waals surface area contributed by atoms with Gasteiger partial charge in [-0.1, -0.05) is 26.7 Å². The summed E-state index contributed by atoms with van der Waals surface area (Å²) in [6.45, 7) is 9.19. The lowest BCUT2D eigenvalue weighted by Gasteiger charge is -2.22. The quantitative estimate of drug-likeness (QED) is 0.795. The first kappa shape index (κ1) is 15.5. The smallest absolute Gasteiger partial charge is 0.251 e. The normalized spacial score (nSPS) is 12.3. The Hall–Kier alpha value is -1.58. The highest BCUT2D eigenvalue weighted by Crippen LogP contribution is 2.14. The summed E-state index contributed by atoms with van der Waals surface area (Å²) in [5.41, 5.74) is 0.656. The van der Waals surface area contributed by atoms with Crippen molar-refractivity contribution in [3.63, 3.8) is 0 Å². The zero-order chi connectivity index (χ0) is 14.3. The molecule has 2 N–H and O–H groups in total. The van der Waals surface area contributed by atoms with Gasteiger partial charge in [0.05, 0.1) is 0 Å². The maximum absolute atomic E-state index is 12.2. The predicted molar refractivity (Wildman–Crippen MR) is 79.4 cm³/mol. The number of carbonyl (C=O) groups excluding carboxylic acids is 1. The van der Waals surface area contributed by atoms with Crippen molar-refractivity contribution in [2.75, 3.05) is 11.9 Å². The van der Waals surface area contributed by atoms with Gasteiger partial charge in [0.1, 0.15) is 5.82 Å². The highest BCUT2D eigenvalue weighted by molar-refractivity contribution is 5.94. The molecule has 0 spiro atoms. The number of carbonyl (C=O) groups is 1. The first-order chi connectivity index (χ1) is 9.12. The van der Waals surface area contributed by atoms with Crippen LogP contribution >= 0.6 is 0 Å². The maximum atomic E-state index is 12.2. The number of aromatic nitrogens is 1. The van der Waals surface area contributed by atoms with Crippen molar-refractivity contribution in [1.82, 2.24) is 10.3 Å². The number of pyridine rings is 1. The van der Waals surface area contributed by atoms with Gasteiger partial charge in [0.15, 0.2) is 0 Å². The first-order valence-corrected chi connectivity index (χ1v) is 7.13. The summed E-state index contributed by atoms with van der Waals surface area (Å²) in [6, 6.07) is 3.73. The average Bonchev–Trinajstić information content (AvgIpc) is 2.40. The fourth-order valence-corrected chi connectivity index (χ4v) is 2.25. The highest BCUT2D eigenvalue weighted by Gasteiger charge is 2.16. The minimum Gasteiger partial charge on any atom is -0.370 e. The van der Waals surface area contributed by atoms with Gasteiger partial charge in [-0.2, -0.15) is 0 Å². The molecule has 106 valence electrons. The Morgan fingerprint density at radius 1 is 1.32 bits per heavy atom. The first-order valence-electron chi connectivity index (χ1n) is 7.13. The Morgan fingerprint density at radius 2 is 2.00 bits per heavy atom. The molecule has 0 aliphatic heterocycles. The number of amides is 1. The predicted octanol–water partition coefficient (Wildman–Crippen LogP) is 3.07. The second-order valence-corrected chi connectivity index (χ2v) is 4.80. The number of hydrogen-bond donors (Lipinski definition) is 2. The van der Waals surface area contributed by atoms with Gasteiger partial charge in [-0.3, -0.25) is 4.79 Å². The van der Waals surface area contributed by atoms with Crippen molar-refractivity contribution in [2.24, 2.45) is 5.92 Å². The van der Waals surface area contributed by atoms with Crippen LogP contribution in [0, 0.1) is 5.92 Å². The number of nitrogens with one attached hydrogen (secondary N) is 2.